The highest BCUT2D eigenvalue weighted by Gasteiger charge is 2.32. The molecule has 8 heteroatoms. The molecule has 0 saturated carbocycles. The van der Waals surface area contributed by atoms with Gasteiger partial charge in [0.05, 0.1) is 28.1 Å². The van der Waals surface area contributed by atoms with Crippen LogP contribution in [0.4, 0.5) is 11.4 Å². The maximum absolute atomic E-state index is 11.0. The first kappa shape index (κ1) is 17.7. The summed E-state index contributed by atoms with van der Waals surface area (Å²) in [7, 11) is 1.87. The first-order valence-electron chi connectivity index (χ1n) is 8.83. The Balaban J connectivity index is 1.77. The summed E-state index contributed by atoms with van der Waals surface area (Å²) >= 11 is 0. The van der Waals surface area contributed by atoms with Crippen LogP contribution in [-0.2, 0) is 7.05 Å². The van der Waals surface area contributed by atoms with Gasteiger partial charge in [0.25, 0.3) is 5.69 Å². The lowest BCUT2D eigenvalue weighted by atomic mass is 9.98. The Hall–Kier alpha value is -3.68. The standard InChI is InChI=1S/C20H19N5O3/c1-13-18(12-23(2)21-13)20-11-19(14-4-3-5-17(26)10-14)22-24(20)15-6-8-16(9-7-15)25(27)28/h3-10,12,20,26H,11H2,1-2H3/t20-/m0/s1. The number of benzene rings is 2. The number of aromatic nitrogens is 2. The van der Waals surface area contributed by atoms with Crippen molar-refractivity contribution in [1.82, 2.24) is 9.78 Å². The summed E-state index contributed by atoms with van der Waals surface area (Å²) < 4.78 is 1.77. The molecule has 3 aromatic rings. The molecule has 0 spiro atoms. The van der Waals surface area contributed by atoms with E-state index in [0.717, 1.165) is 28.2 Å². The van der Waals surface area contributed by atoms with Crippen LogP contribution in [0, 0.1) is 17.0 Å². The van der Waals surface area contributed by atoms with Crippen LogP contribution in [0.25, 0.3) is 0 Å². The van der Waals surface area contributed by atoms with Crippen molar-refractivity contribution < 1.29 is 10.0 Å². The fourth-order valence-electron chi connectivity index (χ4n) is 3.52. The monoisotopic (exact) mass is 377 g/mol. The van der Waals surface area contributed by atoms with Gasteiger partial charge in [-0.05, 0) is 31.2 Å². The third-order valence-corrected chi connectivity index (χ3v) is 4.83. The molecule has 1 aromatic heterocycles. The molecule has 1 aliphatic heterocycles. The van der Waals surface area contributed by atoms with Gasteiger partial charge in [-0.2, -0.15) is 10.2 Å². The Morgan fingerprint density at radius 1 is 1.21 bits per heavy atom. The fraction of sp³-hybridized carbons (Fsp3) is 0.200. The molecule has 0 unspecified atom stereocenters. The normalized spacial score (nSPS) is 16.3. The van der Waals surface area contributed by atoms with Gasteiger partial charge < -0.3 is 5.11 Å². The number of aromatic hydroxyl groups is 1. The van der Waals surface area contributed by atoms with Crippen LogP contribution in [0.5, 0.6) is 5.75 Å². The summed E-state index contributed by atoms with van der Waals surface area (Å²) in [6.07, 6.45) is 2.60. The third kappa shape index (κ3) is 3.20. The summed E-state index contributed by atoms with van der Waals surface area (Å²) in [5.41, 5.74) is 4.42. The molecule has 142 valence electrons. The molecule has 1 atom stereocenters. The highest BCUT2D eigenvalue weighted by Crippen LogP contribution is 2.38. The average Bonchev–Trinajstić information content (AvgIpc) is 3.24. The fourth-order valence-corrected chi connectivity index (χ4v) is 3.52. The Morgan fingerprint density at radius 2 is 1.96 bits per heavy atom. The smallest absolute Gasteiger partial charge is 0.269 e. The maximum atomic E-state index is 11.0. The van der Waals surface area contributed by atoms with E-state index in [2.05, 4.69) is 5.10 Å². The van der Waals surface area contributed by atoms with E-state index in [1.165, 1.54) is 12.1 Å². The van der Waals surface area contributed by atoms with Gasteiger partial charge >= 0.3 is 0 Å². The number of non-ortho nitro benzene ring substituents is 1. The molecule has 0 saturated heterocycles. The molecule has 2 aromatic carbocycles. The summed E-state index contributed by atoms with van der Waals surface area (Å²) in [5.74, 6) is 0.183. The van der Waals surface area contributed by atoms with Crippen LogP contribution in [-0.4, -0.2) is 25.5 Å². The van der Waals surface area contributed by atoms with Gasteiger partial charge in [0.2, 0.25) is 0 Å². The first-order chi connectivity index (χ1) is 13.4. The predicted octanol–water partition coefficient (Wildman–Crippen LogP) is 3.70. The average molecular weight is 377 g/mol. The molecule has 1 aliphatic rings. The molecular weight excluding hydrogens is 358 g/mol. The first-order valence-corrected chi connectivity index (χ1v) is 8.83. The molecular formula is C20H19N5O3. The zero-order chi connectivity index (χ0) is 19.8. The quantitative estimate of drug-likeness (QED) is 0.552. The van der Waals surface area contributed by atoms with Crippen molar-refractivity contribution >= 4 is 17.1 Å². The molecule has 1 N–H and O–H groups in total. The lowest BCUT2D eigenvalue weighted by molar-refractivity contribution is -0.384. The largest absolute Gasteiger partial charge is 0.508 e. The molecule has 4 rings (SSSR count). The summed E-state index contributed by atoms with van der Waals surface area (Å²) in [6.45, 7) is 1.95. The molecule has 0 fully saturated rings. The number of nitro benzene ring substituents is 1. The van der Waals surface area contributed by atoms with E-state index in [1.54, 1.807) is 35.0 Å². The van der Waals surface area contributed by atoms with Crippen molar-refractivity contribution in [2.75, 3.05) is 5.01 Å². The predicted molar refractivity (Wildman–Crippen MR) is 106 cm³/mol. The van der Waals surface area contributed by atoms with Gasteiger partial charge in [0, 0.05) is 42.9 Å². The second kappa shape index (κ2) is 6.80. The highest BCUT2D eigenvalue weighted by molar-refractivity contribution is 6.03. The van der Waals surface area contributed by atoms with Gasteiger partial charge in [-0.1, -0.05) is 12.1 Å². The number of nitrogens with zero attached hydrogens (tertiary/aromatic N) is 5. The van der Waals surface area contributed by atoms with Gasteiger partial charge in [-0.15, -0.1) is 0 Å². The lowest BCUT2D eigenvalue weighted by Gasteiger charge is -2.23. The molecule has 0 radical (unpaired) electrons. The van der Waals surface area contributed by atoms with Crippen molar-refractivity contribution in [2.45, 2.75) is 19.4 Å². The van der Waals surface area contributed by atoms with Gasteiger partial charge in [0.15, 0.2) is 0 Å². The topological polar surface area (TPSA) is 96.8 Å². The maximum Gasteiger partial charge on any atom is 0.269 e. The van der Waals surface area contributed by atoms with Crippen LogP contribution < -0.4 is 5.01 Å². The van der Waals surface area contributed by atoms with E-state index in [-0.39, 0.29) is 17.5 Å². The minimum Gasteiger partial charge on any atom is -0.508 e. The van der Waals surface area contributed by atoms with Crippen LogP contribution in [0.3, 0.4) is 0 Å². The Morgan fingerprint density at radius 3 is 2.57 bits per heavy atom. The van der Waals surface area contributed by atoms with Crippen LogP contribution >= 0.6 is 0 Å². The molecule has 0 bridgehead atoms. The van der Waals surface area contributed by atoms with E-state index in [4.69, 9.17) is 5.10 Å². The molecule has 2 heterocycles. The summed E-state index contributed by atoms with van der Waals surface area (Å²) in [6, 6.07) is 13.3. The minimum atomic E-state index is -0.419. The molecule has 28 heavy (non-hydrogen) atoms. The van der Waals surface area contributed by atoms with Gasteiger partial charge in [0.1, 0.15) is 5.75 Å². The minimum absolute atomic E-state index is 0.0363. The number of hydrazone groups is 1. The van der Waals surface area contributed by atoms with Crippen LogP contribution in [0.15, 0.2) is 59.8 Å². The van der Waals surface area contributed by atoms with E-state index in [0.29, 0.717) is 6.42 Å². The van der Waals surface area contributed by atoms with Crippen molar-refractivity contribution in [3.8, 4) is 5.75 Å². The molecule has 8 nitrogen and oxygen atoms in total. The van der Waals surface area contributed by atoms with Crippen molar-refractivity contribution in [3.63, 3.8) is 0 Å². The van der Waals surface area contributed by atoms with Crippen molar-refractivity contribution in [3.05, 3.63) is 81.7 Å². The van der Waals surface area contributed by atoms with Crippen LogP contribution in [0.2, 0.25) is 0 Å². The Kier molecular flexibility index (Phi) is 4.31. The summed E-state index contributed by atoms with van der Waals surface area (Å²) in [4.78, 5) is 10.5. The van der Waals surface area contributed by atoms with Gasteiger partial charge in [-0.25, -0.2) is 0 Å². The number of hydrogen-bond acceptors (Lipinski definition) is 6. The SMILES string of the molecule is Cc1nn(C)cc1[C@@H]1CC(c2cccc(O)c2)=NN1c1ccc([N+](=O)[O-])cc1. The Labute approximate surface area is 161 Å². The van der Waals surface area contributed by atoms with Crippen molar-refractivity contribution in [2.24, 2.45) is 12.1 Å². The van der Waals surface area contributed by atoms with E-state index >= 15 is 0 Å². The molecule has 0 aliphatic carbocycles. The van der Waals surface area contributed by atoms with E-state index in [9.17, 15) is 15.2 Å². The second-order valence-corrected chi connectivity index (χ2v) is 6.78. The summed E-state index contributed by atoms with van der Waals surface area (Å²) in [5, 5.41) is 31.9. The second-order valence-electron chi connectivity index (χ2n) is 6.78. The lowest BCUT2D eigenvalue weighted by Crippen LogP contribution is -2.18. The zero-order valence-electron chi connectivity index (χ0n) is 15.5. The Bertz CT molecular complexity index is 1070. The van der Waals surface area contributed by atoms with Crippen LogP contribution in [0.1, 0.15) is 29.3 Å². The number of phenols is 1. The number of aryl methyl sites for hydroxylation is 2. The number of nitro groups is 1. The third-order valence-electron chi connectivity index (χ3n) is 4.83. The van der Waals surface area contributed by atoms with E-state index < -0.39 is 4.92 Å². The highest BCUT2D eigenvalue weighted by atomic mass is 16.6. The van der Waals surface area contributed by atoms with Gasteiger partial charge in [-0.3, -0.25) is 19.8 Å². The number of rotatable bonds is 4. The van der Waals surface area contributed by atoms with Crippen molar-refractivity contribution in [1.29, 1.82) is 0 Å². The zero-order valence-corrected chi connectivity index (χ0v) is 15.5. The number of anilines is 1. The number of hydrogen-bond donors (Lipinski definition) is 1. The number of phenolic OH excluding ortho intramolecular Hbond substituents is 1. The van der Waals surface area contributed by atoms with E-state index in [1.807, 2.05) is 31.2 Å². The molecule has 0 amide bonds.